The van der Waals surface area contributed by atoms with Crippen molar-refractivity contribution in [2.75, 3.05) is 32.0 Å². The molecule has 2 aliphatic rings. The first kappa shape index (κ1) is 13.5. The van der Waals surface area contributed by atoms with Crippen molar-refractivity contribution in [1.29, 1.82) is 0 Å². The highest BCUT2D eigenvalue weighted by atomic mass is 32.2. The Morgan fingerprint density at radius 2 is 2.33 bits per heavy atom. The summed E-state index contributed by atoms with van der Waals surface area (Å²) in [6.07, 6.45) is 2.94. The number of likely N-dealkylation sites (tertiary alicyclic amines) is 1. The Morgan fingerprint density at radius 3 is 2.94 bits per heavy atom. The minimum atomic E-state index is -0.180. The molecule has 0 aliphatic carbocycles. The van der Waals surface area contributed by atoms with Gasteiger partial charge in [0.15, 0.2) is 5.17 Å². The Bertz CT molecular complexity index is 314. The number of nitrogens with one attached hydrogen (secondary N) is 1. The standard InChI is InChI=1S/C12H21N3O2S/c1-2-17-12(16)15-7-4-10(5-8-15)14-11-13-6-3-9-18-11/h10H,2-9H2,1H3,(H,13,14). The van der Waals surface area contributed by atoms with Gasteiger partial charge in [-0.1, -0.05) is 11.8 Å². The molecular weight excluding hydrogens is 250 g/mol. The molecule has 6 heteroatoms. The van der Waals surface area contributed by atoms with Gasteiger partial charge in [0.1, 0.15) is 0 Å². The maximum absolute atomic E-state index is 11.6. The maximum atomic E-state index is 11.6. The van der Waals surface area contributed by atoms with Crippen LogP contribution in [-0.2, 0) is 4.74 Å². The van der Waals surface area contributed by atoms with E-state index in [9.17, 15) is 4.79 Å². The number of hydrogen-bond donors (Lipinski definition) is 1. The Balaban J connectivity index is 1.73. The van der Waals surface area contributed by atoms with Crippen molar-refractivity contribution in [2.45, 2.75) is 32.2 Å². The molecule has 0 unspecified atom stereocenters. The molecule has 2 heterocycles. The fourth-order valence-electron chi connectivity index (χ4n) is 2.14. The van der Waals surface area contributed by atoms with Crippen molar-refractivity contribution in [1.82, 2.24) is 10.2 Å². The monoisotopic (exact) mass is 271 g/mol. The van der Waals surface area contributed by atoms with Gasteiger partial charge in [-0.2, -0.15) is 0 Å². The fraction of sp³-hybridized carbons (Fsp3) is 0.833. The molecule has 0 aromatic heterocycles. The van der Waals surface area contributed by atoms with Crippen LogP contribution in [-0.4, -0.2) is 54.2 Å². The summed E-state index contributed by atoms with van der Waals surface area (Å²) < 4.78 is 5.01. The van der Waals surface area contributed by atoms with Gasteiger partial charge < -0.3 is 15.0 Å². The van der Waals surface area contributed by atoms with Gasteiger partial charge in [-0.3, -0.25) is 4.99 Å². The lowest BCUT2D eigenvalue weighted by atomic mass is 10.1. The minimum Gasteiger partial charge on any atom is -0.450 e. The second-order valence-electron chi connectivity index (χ2n) is 4.49. The van der Waals surface area contributed by atoms with Crippen molar-refractivity contribution >= 4 is 23.0 Å². The van der Waals surface area contributed by atoms with E-state index in [0.29, 0.717) is 12.6 Å². The van der Waals surface area contributed by atoms with Gasteiger partial charge in [-0.15, -0.1) is 0 Å². The third kappa shape index (κ3) is 3.80. The minimum absolute atomic E-state index is 0.180. The van der Waals surface area contributed by atoms with Crippen LogP contribution in [0.2, 0.25) is 0 Å². The first-order valence-corrected chi connectivity index (χ1v) is 7.63. The van der Waals surface area contributed by atoms with Gasteiger partial charge in [-0.05, 0) is 26.2 Å². The number of hydrogen-bond acceptors (Lipinski definition) is 5. The molecule has 0 aromatic carbocycles. The molecule has 5 nitrogen and oxygen atoms in total. The van der Waals surface area contributed by atoms with Crippen LogP contribution in [0.3, 0.4) is 0 Å². The number of nitrogens with zero attached hydrogens (tertiary/aromatic N) is 2. The zero-order valence-electron chi connectivity index (χ0n) is 10.9. The topological polar surface area (TPSA) is 53.9 Å². The first-order chi connectivity index (χ1) is 8.79. The van der Waals surface area contributed by atoms with Crippen LogP contribution >= 0.6 is 11.8 Å². The van der Waals surface area contributed by atoms with Crippen molar-refractivity contribution in [3.63, 3.8) is 0 Å². The lowest BCUT2D eigenvalue weighted by molar-refractivity contribution is 0.0964. The van der Waals surface area contributed by atoms with E-state index in [2.05, 4.69) is 10.3 Å². The molecular formula is C12H21N3O2S. The lowest BCUT2D eigenvalue weighted by Gasteiger charge is -2.32. The van der Waals surface area contributed by atoms with E-state index in [1.807, 2.05) is 6.92 Å². The molecule has 0 saturated carbocycles. The molecule has 0 spiro atoms. The molecule has 1 fully saturated rings. The normalized spacial score (nSPS) is 21.4. The number of carbonyl (C=O) groups excluding carboxylic acids is 1. The molecule has 0 bridgehead atoms. The van der Waals surface area contributed by atoms with Gasteiger partial charge in [0, 0.05) is 31.4 Å². The Kier molecular flexibility index (Phi) is 5.16. The summed E-state index contributed by atoms with van der Waals surface area (Å²) in [5.41, 5.74) is 0. The number of ether oxygens (including phenoxy) is 1. The molecule has 1 N–H and O–H groups in total. The molecule has 0 atom stereocenters. The van der Waals surface area contributed by atoms with Crippen molar-refractivity contribution < 1.29 is 9.53 Å². The summed E-state index contributed by atoms with van der Waals surface area (Å²) in [6, 6.07) is 0.444. The van der Waals surface area contributed by atoms with E-state index in [0.717, 1.165) is 43.4 Å². The molecule has 2 aliphatic heterocycles. The largest absolute Gasteiger partial charge is 0.450 e. The van der Waals surface area contributed by atoms with Crippen LogP contribution in [0.25, 0.3) is 0 Å². The van der Waals surface area contributed by atoms with Crippen LogP contribution in [0.5, 0.6) is 0 Å². The Morgan fingerprint density at radius 1 is 1.56 bits per heavy atom. The maximum Gasteiger partial charge on any atom is 0.409 e. The number of amidine groups is 1. The average Bonchev–Trinajstić information content (AvgIpc) is 2.41. The van der Waals surface area contributed by atoms with Crippen LogP contribution < -0.4 is 5.32 Å². The van der Waals surface area contributed by atoms with Gasteiger partial charge in [0.25, 0.3) is 0 Å². The van der Waals surface area contributed by atoms with E-state index in [1.165, 1.54) is 6.42 Å². The molecule has 0 radical (unpaired) electrons. The summed E-state index contributed by atoms with van der Waals surface area (Å²) in [7, 11) is 0. The zero-order chi connectivity index (χ0) is 12.8. The van der Waals surface area contributed by atoms with Gasteiger partial charge in [0.05, 0.1) is 6.61 Å². The Labute approximate surface area is 112 Å². The predicted molar refractivity (Wildman–Crippen MR) is 74.1 cm³/mol. The smallest absolute Gasteiger partial charge is 0.409 e. The Hall–Kier alpha value is -0.910. The third-order valence-corrected chi connectivity index (χ3v) is 4.16. The third-order valence-electron chi connectivity index (χ3n) is 3.15. The second-order valence-corrected chi connectivity index (χ2v) is 5.58. The highest BCUT2D eigenvalue weighted by Crippen LogP contribution is 2.15. The van der Waals surface area contributed by atoms with Crippen LogP contribution in [0, 0.1) is 0 Å². The summed E-state index contributed by atoms with van der Waals surface area (Å²) >= 11 is 1.81. The second kappa shape index (κ2) is 6.87. The number of thioether (sulfide) groups is 1. The van der Waals surface area contributed by atoms with E-state index in [4.69, 9.17) is 4.74 Å². The average molecular weight is 271 g/mol. The molecule has 2 rings (SSSR count). The molecule has 18 heavy (non-hydrogen) atoms. The van der Waals surface area contributed by atoms with Crippen LogP contribution in [0.1, 0.15) is 26.2 Å². The van der Waals surface area contributed by atoms with Crippen molar-refractivity contribution in [3.05, 3.63) is 0 Å². The number of piperidine rings is 1. The summed E-state index contributed by atoms with van der Waals surface area (Å²) in [4.78, 5) is 17.8. The van der Waals surface area contributed by atoms with Crippen LogP contribution in [0.15, 0.2) is 4.99 Å². The first-order valence-electron chi connectivity index (χ1n) is 6.65. The SMILES string of the molecule is CCOC(=O)N1CCC(NC2=NCCCS2)CC1. The number of amides is 1. The molecule has 1 amide bonds. The fourth-order valence-corrected chi connectivity index (χ4v) is 3.04. The molecule has 1 saturated heterocycles. The van der Waals surface area contributed by atoms with E-state index < -0.39 is 0 Å². The van der Waals surface area contributed by atoms with E-state index >= 15 is 0 Å². The number of rotatable bonds is 2. The van der Waals surface area contributed by atoms with Crippen molar-refractivity contribution in [2.24, 2.45) is 4.99 Å². The summed E-state index contributed by atoms with van der Waals surface area (Å²) in [5, 5.41) is 4.56. The highest BCUT2D eigenvalue weighted by Gasteiger charge is 2.24. The quantitative estimate of drug-likeness (QED) is 0.830. The van der Waals surface area contributed by atoms with E-state index in [-0.39, 0.29) is 6.09 Å². The lowest BCUT2D eigenvalue weighted by Crippen LogP contribution is -2.46. The zero-order valence-corrected chi connectivity index (χ0v) is 11.7. The number of carbonyl (C=O) groups is 1. The highest BCUT2D eigenvalue weighted by molar-refractivity contribution is 8.13. The summed E-state index contributed by atoms with van der Waals surface area (Å²) in [5.74, 6) is 1.16. The molecule has 102 valence electrons. The number of aliphatic imine (C=N–C) groups is 1. The van der Waals surface area contributed by atoms with Crippen molar-refractivity contribution in [3.8, 4) is 0 Å². The van der Waals surface area contributed by atoms with E-state index in [1.54, 1.807) is 16.7 Å². The predicted octanol–water partition coefficient (Wildman–Crippen LogP) is 1.69. The van der Waals surface area contributed by atoms with Gasteiger partial charge >= 0.3 is 6.09 Å². The van der Waals surface area contributed by atoms with Gasteiger partial charge in [0.2, 0.25) is 0 Å². The summed E-state index contributed by atoms with van der Waals surface area (Å²) in [6.45, 7) is 4.77. The van der Waals surface area contributed by atoms with Crippen LogP contribution in [0.4, 0.5) is 4.79 Å². The molecule has 0 aromatic rings. The van der Waals surface area contributed by atoms with Gasteiger partial charge in [-0.25, -0.2) is 4.79 Å².